The fraction of sp³-hybridized carbons (Fsp3) is 0.220. The van der Waals surface area contributed by atoms with E-state index >= 15 is 0 Å². The quantitative estimate of drug-likeness (QED) is 0.118. The van der Waals surface area contributed by atoms with Crippen molar-refractivity contribution in [1.82, 2.24) is 4.72 Å². The molecule has 0 aliphatic carbocycles. The second-order valence-electron chi connectivity index (χ2n) is 12.7. The minimum atomic E-state index is -4.07. The number of fused-ring (bicyclic) bond motifs is 2. The third-order valence-electron chi connectivity index (χ3n) is 8.98. The van der Waals surface area contributed by atoms with Crippen LogP contribution in [0.4, 0.5) is 22.7 Å². The first-order valence-electron chi connectivity index (χ1n) is 17.6. The Bertz CT molecular complexity index is 2090. The van der Waals surface area contributed by atoms with Gasteiger partial charge in [0.25, 0.3) is 0 Å². The lowest BCUT2D eigenvalue weighted by Crippen LogP contribution is -2.41. The highest BCUT2D eigenvalue weighted by atomic mass is 35.5. The van der Waals surface area contributed by atoms with Crippen LogP contribution in [0.25, 0.3) is 0 Å². The summed E-state index contributed by atoms with van der Waals surface area (Å²) in [7, 11) is -4.07. The van der Waals surface area contributed by atoms with E-state index in [2.05, 4.69) is 63.1 Å². The van der Waals surface area contributed by atoms with Crippen molar-refractivity contribution in [2.45, 2.75) is 36.6 Å². The first-order chi connectivity index (χ1) is 25.8. The molecule has 12 heteroatoms. The van der Waals surface area contributed by atoms with E-state index in [1.165, 1.54) is 23.3 Å². The number of benzene rings is 5. The topological polar surface area (TPSA) is 77.4 Å². The number of para-hydroxylation sites is 4. The minimum Gasteiger partial charge on any atom is -0.321 e. The van der Waals surface area contributed by atoms with Crippen molar-refractivity contribution in [3.05, 3.63) is 149 Å². The van der Waals surface area contributed by atoms with Gasteiger partial charge >= 0.3 is 0 Å². The van der Waals surface area contributed by atoms with Crippen LogP contribution in [0.15, 0.2) is 142 Å². The number of halogens is 2. The number of aliphatic imine (C=N–C) groups is 2. The molecule has 0 bridgehead atoms. The van der Waals surface area contributed by atoms with E-state index in [-0.39, 0.29) is 14.9 Å². The van der Waals surface area contributed by atoms with Gasteiger partial charge in [-0.05, 0) is 91.4 Å². The summed E-state index contributed by atoms with van der Waals surface area (Å²) in [5.41, 5.74) is 6.45. The lowest BCUT2D eigenvalue weighted by molar-refractivity contribution is 0.572. The molecular formula is C41H39Cl2N5O2S3. The largest absolute Gasteiger partial charge is 0.321 e. The van der Waals surface area contributed by atoms with Crippen LogP contribution in [-0.2, 0) is 22.9 Å². The summed E-state index contributed by atoms with van der Waals surface area (Å²) in [5.74, 6) is 0.786. The summed E-state index contributed by atoms with van der Waals surface area (Å²) >= 11 is 15.8. The molecule has 0 aromatic heterocycles. The van der Waals surface area contributed by atoms with Crippen molar-refractivity contribution < 1.29 is 8.42 Å². The predicted octanol–water partition coefficient (Wildman–Crippen LogP) is 10.4. The Balaban J connectivity index is 1.23. The minimum absolute atomic E-state index is 0.0575. The Morgan fingerprint density at radius 3 is 1.64 bits per heavy atom. The Kier molecular flexibility index (Phi) is 12.5. The zero-order valence-electron chi connectivity index (χ0n) is 28.9. The molecule has 0 saturated heterocycles. The molecule has 1 N–H and O–H groups in total. The molecule has 0 atom stereocenters. The first kappa shape index (κ1) is 37.5. The van der Waals surface area contributed by atoms with Crippen LogP contribution in [0.1, 0.15) is 24.0 Å². The third-order valence-corrected chi connectivity index (χ3v) is 13.5. The first-order valence-corrected chi connectivity index (χ1v) is 21.8. The van der Waals surface area contributed by atoms with Gasteiger partial charge < -0.3 is 9.80 Å². The monoisotopic (exact) mass is 799 g/mol. The summed E-state index contributed by atoms with van der Waals surface area (Å²) in [6, 6.07) is 40.5. The number of hydrogen-bond acceptors (Lipinski definition) is 6. The lowest BCUT2D eigenvalue weighted by atomic mass is 10.0. The lowest BCUT2D eigenvalue weighted by Gasteiger charge is -2.33. The molecule has 7 nitrogen and oxygen atoms in total. The van der Waals surface area contributed by atoms with Crippen LogP contribution in [0.5, 0.6) is 0 Å². The average Bonchev–Trinajstić information content (AvgIpc) is 3.19. The number of anilines is 2. The fourth-order valence-electron chi connectivity index (χ4n) is 6.46. The van der Waals surface area contributed by atoms with E-state index in [1.807, 2.05) is 60.7 Å². The van der Waals surface area contributed by atoms with E-state index in [0.717, 1.165) is 71.9 Å². The number of hydrogen-bond donors (Lipinski definition) is 1. The Morgan fingerprint density at radius 1 is 0.660 bits per heavy atom. The fourth-order valence-corrected chi connectivity index (χ4v) is 11.0. The molecule has 0 fully saturated rings. The number of sulfonamides is 1. The van der Waals surface area contributed by atoms with Gasteiger partial charge in [0, 0.05) is 47.0 Å². The van der Waals surface area contributed by atoms with Gasteiger partial charge in [-0.1, -0.05) is 120 Å². The molecule has 2 aliphatic heterocycles. The van der Waals surface area contributed by atoms with Gasteiger partial charge in [-0.3, -0.25) is 0 Å². The number of nitrogens with zero attached hydrogens (tertiary/aromatic N) is 4. The summed E-state index contributed by atoms with van der Waals surface area (Å²) in [4.78, 5) is 14.7. The van der Waals surface area contributed by atoms with E-state index in [0.29, 0.717) is 11.5 Å². The van der Waals surface area contributed by atoms with Crippen LogP contribution < -0.4 is 14.5 Å². The van der Waals surface area contributed by atoms with Crippen LogP contribution in [0, 0.1) is 0 Å². The smallest absolute Gasteiger partial charge is 0.242 e. The van der Waals surface area contributed by atoms with Gasteiger partial charge in [-0.25, -0.2) is 23.1 Å². The Labute approximate surface area is 330 Å². The number of rotatable bonds is 9. The van der Waals surface area contributed by atoms with Crippen molar-refractivity contribution in [3.8, 4) is 0 Å². The molecule has 2 aliphatic rings. The molecule has 53 heavy (non-hydrogen) atoms. The van der Waals surface area contributed by atoms with Crippen LogP contribution in [0.2, 0.25) is 10.0 Å². The SMILES string of the molecule is O=S(=O)(NC(CSC(=Nc1ccccc1)N1CCCc2ccccc21)CSC(=Nc1ccccc1)N1CCCc2ccccc21)c1cc(Cl)ccc1Cl. The van der Waals surface area contributed by atoms with Gasteiger partial charge in [0.1, 0.15) is 4.90 Å². The second-order valence-corrected chi connectivity index (χ2v) is 17.2. The van der Waals surface area contributed by atoms with Gasteiger partial charge in [0.05, 0.1) is 16.4 Å². The molecule has 0 amide bonds. The standard InChI is InChI=1S/C41H39Cl2N5O2S3/c42-32-23-24-36(43)39(27-32)53(49,50)46-35(28-51-40(44-33-17-3-1-4-18-33)47-25-11-15-30-13-7-9-21-37(30)47)29-52-41(45-34-19-5-2-6-20-34)48-26-12-16-31-14-8-10-22-38(31)48/h1-10,13-14,17-24,27,35,46H,11-12,15-16,25-26,28-29H2. The molecule has 5 aromatic rings. The molecular weight excluding hydrogens is 762 g/mol. The summed E-state index contributed by atoms with van der Waals surface area (Å²) in [5, 5.41) is 2.01. The van der Waals surface area contributed by atoms with Crippen molar-refractivity contribution in [1.29, 1.82) is 0 Å². The molecule has 272 valence electrons. The predicted molar refractivity (Wildman–Crippen MR) is 227 cm³/mol. The Hall–Kier alpha value is -3.77. The highest BCUT2D eigenvalue weighted by Crippen LogP contribution is 2.34. The average molecular weight is 801 g/mol. The molecule has 7 rings (SSSR count). The summed E-state index contributed by atoms with van der Waals surface area (Å²) in [6.07, 6.45) is 3.97. The van der Waals surface area contributed by atoms with Crippen molar-refractivity contribution in [2.75, 3.05) is 34.4 Å². The van der Waals surface area contributed by atoms with E-state index < -0.39 is 16.1 Å². The highest BCUT2D eigenvalue weighted by molar-refractivity contribution is 8.15. The molecule has 0 radical (unpaired) electrons. The van der Waals surface area contributed by atoms with Crippen LogP contribution in [-0.4, -0.2) is 49.4 Å². The zero-order valence-corrected chi connectivity index (χ0v) is 32.9. The van der Waals surface area contributed by atoms with Gasteiger partial charge in [-0.15, -0.1) is 0 Å². The van der Waals surface area contributed by atoms with E-state index in [4.69, 9.17) is 33.2 Å². The van der Waals surface area contributed by atoms with Gasteiger partial charge in [0.15, 0.2) is 10.3 Å². The van der Waals surface area contributed by atoms with Crippen molar-refractivity contribution in [2.24, 2.45) is 9.98 Å². The summed E-state index contributed by atoms with van der Waals surface area (Å²) in [6.45, 7) is 1.61. The molecule has 0 unspecified atom stereocenters. The number of amidine groups is 2. The zero-order chi connectivity index (χ0) is 36.6. The van der Waals surface area contributed by atoms with Gasteiger partial charge in [-0.2, -0.15) is 0 Å². The maximum absolute atomic E-state index is 14.1. The number of nitrogens with one attached hydrogen (secondary N) is 1. The van der Waals surface area contributed by atoms with E-state index in [9.17, 15) is 8.42 Å². The molecule has 2 heterocycles. The van der Waals surface area contributed by atoms with Crippen molar-refractivity contribution in [3.63, 3.8) is 0 Å². The van der Waals surface area contributed by atoms with Crippen LogP contribution in [0.3, 0.4) is 0 Å². The molecule has 0 saturated carbocycles. The van der Waals surface area contributed by atoms with Gasteiger partial charge in [0.2, 0.25) is 10.0 Å². The maximum Gasteiger partial charge on any atom is 0.242 e. The summed E-state index contributed by atoms with van der Waals surface area (Å²) < 4.78 is 31.1. The Morgan fingerprint density at radius 2 is 1.13 bits per heavy atom. The van der Waals surface area contributed by atoms with E-state index in [1.54, 1.807) is 29.6 Å². The third kappa shape index (κ3) is 9.49. The highest BCUT2D eigenvalue weighted by Gasteiger charge is 2.28. The van der Waals surface area contributed by atoms with Crippen molar-refractivity contribution >= 4 is 89.8 Å². The second kappa shape index (κ2) is 17.6. The molecule has 5 aromatic carbocycles. The molecule has 0 spiro atoms. The maximum atomic E-state index is 14.1. The number of thioether (sulfide) groups is 2. The number of aryl methyl sites for hydroxylation is 2. The van der Waals surface area contributed by atoms with Crippen LogP contribution >= 0.6 is 46.7 Å². The normalized spacial score (nSPS) is 15.5.